The van der Waals surface area contributed by atoms with Crippen LogP contribution in [0.2, 0.25) is 0 Å². The first-order valence-corrected chi connectivity index (χ1v) is 12.3. The first kappa shape index (κ1) is 27.6. The Kier molecular flexibility index (Phi) is 9.21. The minimum atomic E-state index is -5.05. The van der Waals surface area contributed by atoms with Crippen LogP contribution < -0.4 is 39.4 Å². The first-order valence-electron chi connectivity index (χ1n) is 9.97. The molecule has 1 unspecified atom stereocenters. The molecule has 1 aliphatic heterocycles. The predicted octanol–water partition coefficient (Wildman–Crippen LogP) is 2.53. The Bertz CT molecular complexity index is 1370. The summed E-state index contributed by atoms with van der Waals surface area (Å²) in [6.07, 6.45) is 0. The molecule has 0 fully saturated rings. The van der Waals surface area contributed by atoms with E-state index in [2.05, 4.69) is 4.90 Å². The second kappa shape index (κ2) is 11.4. The molecular weight excluding hydrogens is 487 g/mol. The van der Waals surface area contributed by atoms with E-state index in [0.29, 0.717) is 5.57 Å². The molecule has 34 heavy (non-hydrogen) atoms. The van der Waals surface area contributed by atoms with Gasteiger partial charge in [0.05, 0.1) is 0 Å². The monoisotopic (exact) mass is 506 g/mol. The number of hydrogen-bond acceptors (Lipinski definition) is 5. The average molecular weight is 506 g/mol. The molecule has 161 valence electrons. The Morgan fingerprint density at radius 2 is 1.41 bits per heavy atom. The van der Waals surface area contributed by atoms with Crippen LogP contribution in [0.25, 0.3) is 16.3 Å². The average Bonchev–Trinajstić information content (AvgIpc) is 2.78. The number of para-hydroxylation sites is 2. The molecule has 0 aliphatic carbocycles. The van der Waals surface area contributed by atoms with Gasteiger partial charge in [-0.15, -0.1) is 0 Å². The summed E-state index contributed by atoms with van der Waals surface area (Å²) in [5.74, 6) is 0. The van der Waals surface area contributed by atoms with Crippen LogP contribution in [0.15, 0.2) is 101 Å². The summed E-state index contributed by atoms with van der Waals surface area (Å²) < 4.78 is 17.1. The number of benzene rings is 4. The number of rotatable bonds is 4. The second-order valence-corrected chi connectivity index (χ2v) is 9.59. The molecule has 0 amide bonds. The molecule has 0 bridgehead atoms. The normalized spacial score (nSPS) is 13.6. The third-order valence-electron chi connectivity index (χ3n) is 5.40. The second-order valence-electron chi connectivity index (χ2n) is 7.43. The van der Waals surface area contributed by atoms with Gasteiger partial charge in [-0.05, 0) is 35.0 Å². The number of fused-ring (bicyclic) bond motifs is 3. The van der Waals surface area contributed by atoms with Crippen molar-refractivity contribution in [2.45, 2.75) is 4.90 Å². The van der Waals surface area contributed by atoms with Gasteiger partial charge < -0.3 is 19.2 Å². The molecule has 9 heteroatoms. The van der Waals surface area contributed by atoms with Gasteiger partial charge in [0.15, 0.2) is 5.09 Å². The molecule has 0 saturated carbocycles. The van der Waals surface area contributed by atoms with E-state index >= 15 is 0 Å². The van der Waals surface area contributed by atoms with Crippen molar-refractivity contribution in [3.05, 3.63) is 107 Å². The van der Waals surface area contributed by atoms with Crippen molar-refractivity contribution in [3.63, 3.8) is 0 Å². The van der Waals surface area contributed by atoms with Crippen LogP contribution in [0.1, 0.15) is 11.1 Å². The van der Waals surface area contributed by atoms with Crippen molar-refractivity contribution in [2.75, 3.05) is 11.9 Å². The summed E-state index contributed by atoms with van der Waals surface area (Å²) in [7, 11) is -3.09. The molecule has 1 heterocycles. The Balaban J connectivity index is 0.00000162. The van der Waals surface area contributed by atoms with Crippen LogP contribution in [0, 0.1) is 0 Å². The molecular formula is C25H19NNa2O4PS. The van der Waals surface area contributed by atoms with E-state index < -0.39 is 7.82 Å². The largest absolute Gasteiger partial charge is 1.00 e. The summed E-state index contributed by atoms with van der Waals surface area (Å²) in [6.45, 7) is 0. The standard InChI is InChI=1S/C25H20NO4PS.2Na/c1-26-22-12-6-4-10-20(22)24(21-11-5-7-13-23(21)26)25(30-31(27,28)29)32-19-15-14-17-8-2-3-9-18(17)16-19;;/h2-16H,1H3,(H2,27,28,29);;/q;;+1/p-1. The van der Waals surface area contributed by atoms with Gasteiger partial charge in [-0.25, -0.2) is 0 Å². The van der Waals surface area contributed by atoms with Gasteiger partial charge in [0, 0.05) is 69.6 Å². The van der Waals surface area contributed by atoms with Gasteiger partial charge in [0.1, 0.15) is 0 Å². The van der Waals surface area contributed by atoms with Crippen molar-refractivity contribution >= 4 is 76.9 Å². The zero-order valence-corrected chi connectivity index (χ0v) is 24.8. The fraction of sp³-hybridized carbons (Fsp3) is 0.0400. The Hall–Kier alpha value is -1.02. The van der Waals surface area contributed by atoms with Crippen LogP contribution in [-0.2, 0) is 9.09 Å². The van der Waals surface area contributed by atoms with E-state index in [1.807, 2.05) is 98.0 Å². The van der Waals surface area contributed by atoms with Gasteiger partial charge >= 0.3 is 37.4 Å². The smallest absolute Gasteiger partial charge is 0.746 e. The SMILES string of the molecule is CN1c2ccccc2C(=C(OP(=O)([O-])O)Sc2ccc3ccccc3c2)c2ccccc21.[Na+].[Na]. The maximum atomic E-state index is 11.9. The predicted molar refractivity (Wildman–Crippen MR) is 133 cm³/mol. The molecule has 0 saturated heterocycles. The van der Waals surface area contributed by atoms with Crippen molar-refractivity contribution in [2.24, 2.45) is 0 Å². The minimum Gasteiger partial charge on any atom is -0.746 e. The van der Waals surface area contributed by atoms with Gasteiger partial charge in [-0.3, -0.25) is 4.57 Å². The van der Waals surface area contributed by atoms with Crippen molar-refractivity contribution in [1.29, 1.82) is 0 Å². The number of phosphoric acid groups is 1. The summed E-state index contributed by atoms with van der Waals surface area (Å²) >= 11 is 1.17. The van der Waals surface area contributed by atoms with E-state index in [1.54, 1.807) is 0 Å². The summed E-state index contributed by atoms with van der Waals surface area (Å²) in [5.41, 5.74) is 4.11. The molecule has 0 aromatic heterocycles. The molecule has 5 nitrogen and oxygen atoms in total. The van der Waals surface area contributed by atoms with Crippen LogP contribution in [0.4, 0.5) is 11.4 Å². The third kappa shape index (κ3) is 5.69. The van der Waals surface area contributed by atoms with E-state index in [0.717, 1.165) is 38.2 Å². The van der Waals surface area contributed by atoms with E-state index in [9.17, 15) is 14.4 Å². The first-order chi connectivity index (χ1) is 15.4. The molecule has 1 atom stereocenters. The molecule has 4 aromatic carbocycles. The van der Waals surface area contributed by atoms with Crippen molar-refractivity contribution in [3.8, 4) is 0 Å². The topological polar surface area (TPSA) is 72.8 Å². The number of thioether (sulfide) groups is 1. The van der Waals surface area contributed by atoms with Crippen molar-refractivity contribution in [1.82, 2.24) is 0 Å². The van der Waals surface area contributed by atoms with Gasteiger partial charge in [-0.1, -0.05) is 78.5 Å². The van der Waals surface area contributed by atoms with Crippen LogP contribution in [-0.4, -0.2) is 41.5 Å². The van der Waals surface area contributed by atoms with E-state index in [1.165, 1.54) is 11.8 Å². The molecule has 1 radical (unpaired) electrons. The van der Waals surface area contributed by atoms with Crippen molar-refractivity contribution < 1.29 is 48.4 Å². The number of phosphoric ester groups is 1. The fourth-order valence-electron chi connectivity index (χ4n) is 4.01. The van der Waals surface area contributed by atoms with Gasteiger partial charge in [-0.2, -0.15) is 0 Å². The van der Waals surface area contributed by atoms with Crippen LogP contribution >= 0.6 is 19.6 Å². The quantitative estimate of drug-likeness (QED) is 0.199. The molecule has 1 N–H and O–H groups in total. The molecule has 5 rings (SSSR count). The number of anilines is 2. The summed E-state index contributed by atoms with van der Waals surface area (Å²) in [4.78, 5) is 24.4. The van der Waals surface area contributed by atoms with E-state index in [-0.39, 0.29) is 64.2 Å². The maximum absolute atomic E-state index is 11.9. The van der Waals surface area contributed by atoms with Crippen LogP contribution in [0.5, 0.6) is 0 Å². The molecule has 1 aliphatic rings. The fourth-order valence-corrected chi connectivity index (χ4v) is 5.60. The molecule has 4 aromatic rings. The Labute approximate surface area is 247 Å². The number of hydrogen-bond donors (Lipinski definition) is 1. The Morgan fingerprint density at radius 3 is 2.00 bits per heavy atom. The van der Waals surface area contributed by atoms with Gasteiger partial charge in [0.25, 0.3) is 0 Å². The maximum Gasteiger partial charge on any atom is 1.00 e. The summed E-state index contributed by atoms with van der Waals surface area (Å²) in [5, 5.41) is 2.22. The van der Waals surface area contributed by atoms with E-state index in [4.69, 9.17) is 4.52 Å². The number of nitrogens with zero attached hydrogens (tertiary/aromatic N) is 1. The zero-order valence-electron chi connectivity index (χ0n) is 19.1. The summed E-state index contributed by atoms with van der Waals surface area (Å²) in [6, 6.07) is 29.3. The van der Waals surface area contributed by atoms with Gasteiger partial charge in [0.2, 0.25) is 0 Å². The molecule has 0 spiro atoms. The minimum absolute atomic E-state index is 0. The van der Waals surface area contributed by atoms with Crippen LogP contribution in [0.3, 0.4) is 0 Å². The third-order valence-corrected chi connectivity index (χ3v) is 6.90. The Morgan fingerprint density at radius 1 is 0.882 bits per heavy atom. The zero-order chi connectivity index (χ0) is 22.3.